The Hall–Kier alpha value is -3.19. The first-order valence-corrected chi connectivity index (χ1v) is 11.3. The van der Waals surface area contributed by atoms with Gasteiger partial charge in [0.1, 0.15) is 11.5 Å². The molecule has 0 saturated carbocycles. The molecule has 3 aromatic rings. The minimum Gasteiger partial charge on any atom is -0.456 e. The SMILES string of the molecule is Cc1cc(C)n(CCCN2CCCC[C@@H]2C(=O)Nc2ccc(Oc3cccnc3)cc2)n1. The summed E-state index contributed by atoms with van der Waals surface area (Å²) in [6.45, 7) is 6.85. The average molecular weight is 434 g/mol. The molecule has 0 radical (unpaired) electrons. The van der Waals surface area contributed by atoms with Crippen molar-refractivity contribution in [3.8, 4) is 11.5 Å². The molecule has 0 spiro atoms. The monoisotopic (exact) mass is 433 g/mol. The van der Waals surface area contributed by atoms with Crippen LogP contribution in [-0.2, 0) is 11.3 Å². The van der Waals surface area contributed by atoms with Crippen molar-refractivity contribution in [1.29, 1.82) is 0 Å². The second kappa shape index (κ2) is 10.4. The van der Waals surface area contributed by atoms with E-state index in [-0.39, 0.29) is 11.9 Å². The number of likely N-dealkylation sites (tertiary alicyclic amines) is 1. The topological polar surface area (TPSA) is 72.3 Å². The fraction of sp³-hybridized carbons (Fsp3) is 0.400. The van der Waals surface area contributed by atoms with Crippen molar-refractivity contribution in [1.82, 2.24) is 19.7 Å². The number of amides is 1. The van der Waals surface area contributed by atoms with Crippen molar-refractivity contribution in [2.45, 2.75) is 52.1 Å². The van der Waals surface area contributed by atoms with Gasteiger partial charge in [0.25, 0.3) is 0 Å². The van der Waals surface area contributed by atoms with Gasteiger partial charge in [0.05, 0.1) is 17.9 Å². The van der Waals surface area contributed by atoms with Gasteiger partial charge in [0.2, 0.25) is 5.91 Å². The summed E-state index contributed by atoms with van der Waals surface area (Å²) in [7, 11) is 0. The van der Waals surface area contributed by atoms with Crippen molar-refractivity contribution in [3.63, 3.8) is 0 Å². The first-order chi connectivity index (χ1) is 15.6. The second-order valence-electron chi connectivity index (χ2n) is 8.36. The molecule has 1 N–H and O–H groups in total. The molecule has 3 heterocycles. The molecule has 1 atom stereocenters. The molecule has 1 fully saturated rings. The Morgan fingerprint density at radius 1 is 1.12 bits per heavy atom. The maximum Gasteiger partial charge on any atom is 0.241 e. The lowest BCUT2D eigenvalue weighted by Crippen LogP contribution is -2.47. The number of ether oxygens (including phenoxy) is 1. The molecular formula is C25H31N5O2. The van der Waals surface area contributed by atoms with Gasteiger partial charge in [-0.05, 0) is 82.1 Å². The van der Waals surface area contributed by atoms with E-state index in [0.717, 1.165) is 56.7 Å². The molecule has 1 aromatic carbocycles. The molecule has 7 heteroatoms. The first-order valence-electron chi connectivity index (χ1n) is 11.3. The third-order valence-corrected chi connectivity index (χ3v) is 5.83. The number of nitrogens with zero attached hydrogens (tertiary/aromatic N) is 4. The van der Waals surface area contributed by atoms with Crippen molar-refractivity contribution >= 4 is 11.6 Å². The van der Waals surface area contributed by atoms with Crippen LogP contribution >= 0.6 is 0 Å². The van der Waals surface area contributed by atoms with Crippen LogP contribution in [0, 0.1) is 13.8 Å². The molecule has 1 saturated heterocycles. The Kier molecular flexibility index (Phi) is 7.17. The van der Waals surface area contributed by atoms with Gasteiger partial charge < -0.3 is 10.1 Å². The highest BCUT2D eigenvalue weighted by atomic mass is 16.5. The largest absolute Gasteiger partial charge is 0.456 e. The van der Waals surface area contributed by atoms with E-state index >= 15 is 0 Å². The number of rotatable bonds is 8. The van der Waals surface area contributed by atoms with Gasteiger partial charge in [0, 0.05) is 30.7 Å². The van der Waals surface area contributed by atoms with E-state index in [0.29, 0.717) is 11.5 Å². The Balaban J connectivity index is 1.31. The summed E-state index contributed by atoms with van der Waals surface area (Å²) >= 11 is 0. The Labute approximate surface area is 189 Å². The van der Waals surface area contributed by atoms with Gasteiger partial charge in [-0.15, -0.1) is 0 Å². The van der Waals surface area contributed by atoms with Gasteiger partial charge in [-0.2, -0.15) is 5.10 Å². The first kappa shape index (κ1) is 22.0. The average Bonchev–Trinajstić information content (AvgIpc) is 3.13. The molecule has 1 amide bonds. The van der Waals surface area contributed by atoms with E-state index in [2.05, 4.69) is 38.0 Å². The van der Waals surface area contributed by atoms with Gasteiger partial charge in [-0.25, -0.2) is 0 Å². The fourth-order valence-electron chi connectivity index (χ4n) is 4.26. The van der Waals surface area contributed by atoms with Gasteiger partial charge in [-0.3, -0.25) is 19.4 Å². The summed E-state index contributed by atoms with van der Waals surface area (Å²) in [5.41, 5.74) is 3.02. The van der Waals surface area contributed by atoms with E-state index in [1.807, 2.05) is 43.3 Å². The number of aryl methyl sites for hydroxylation is 3. The summed E-state index contributed by atoms with van der Waals surface area (Å²) in [4.78, 5) is 19.4. The van der Waals surface area contributed by atoms with E-state index in [9.17, 15) is 4.79 Å². The minimum atomic E-state index is -0.0875. The van der Waals surface area contributed by atoms with Crippen molar-refractivity contribution in [2.24, 2.45) is 0 Å². The van der Waals surface area contributed by atoms with Crippen LogP contribution in [-0.4, -0.2) is 44.7 Å². The normalized spacial score (nSPS) is 16.6. The molecule has 32 heavy (non-hydrogen) atoms. The maximum atomic E-state index is 13.0. The van der Waals surface area contributed by atoms with Crippen LogP contribution in [0.1, 0.15) is 37.1 Å². The van der Waals surface area contributed by atoms with E-state index in [4.69, 9.17) is 4.74 Å². The highest BCUT2D eigenvalue weighted by molar-refractivity contribution is 5.94. The molecule has 1 aliphatic heterocycles. The molecule has 0 bridgehead atoms. The Bertz CT molecular complexity index is 1020. The van der Waals surface area contributed by atoms with Crippen LogP contribution in [0.4, 0.5) is 5.69 Å². The molecule has 1 aliphatic rings. The third kappa shape index (κ3) is 5.73. The fourth-order valence-corrected chi connectivity index (χ4v) is 4.26. The molecule has 4 rings (SSSR count). The number of hydrogen-bond donors (Lipinski definition) is 1. The minimum absolute atomic E-state index is 0.0664. The van der Waals surface area contributed by atoms with Crippen molar-refractivity contribution in [3.05, 3.63) is 66.2 Å². The lowest BCUT2D eigenvalue weighted by atomic mass is 10.0. The zero-order valence-corrected chi connectivity index (χ0v) is 18.8. The van der Waals surface area contributed by atoms with E-state index in [1.165, 1.54) is 5.69 Å². The van der Waals surface area contributed by atoms with E-state index in [1.54, 1.807) is 12.4 Å². The number of carbonyl (C=O) groups is 1. The molecule has 7 nitrogen and oxygen atoms in total. The van der Waals surface area contributed by atoms with Crippen molar-refractivity contribution in [2.75, 3.05) is 18.4 Å². The van der Waals surface area contributed by atoms with Crippen LogP contribution in [0.25, 0.3) is 0 Å². The van der Waals surface area contributed by atoms with Crippen molar-refractivity contribution < 1.29 is 9.53 Å². The van der Waals surface area contributed by atoms with Gasteiger partial charge in [0.15, 0.2) is 0 Å². The predicted octanol–water partition coefficient (Wildman–Crippen LogP) is 4.57. The summed E-state index contributed by atoms with van der Waals surface area (Å²) in [5, 5.41) is 7.63. The molecule has 168 valence electrons. The number of nitrogens with one attached hydrogen (secondary N) is 1. The molecule has 0 unspecified atom stereocenters. The zero-order chi connectivity index (χ0) is 22.3. The van der Waals surface area contributed by atoms with Crippen LogP contribution < -0.4 is 10.1 Å². The predicted molar refractivity (Wildman–Crippen MR) is 125 cm³/mol. The maximum absolute atomic E-state index is 13.0. The summed E-state index contributed by atoms with van der Waals surface area (Å²) in [6, 6.07) is 13.2. The molecular weight excluding hydrogens is 402 g/mol. The van der Waals surface area contributed by atoms with Crippen LogP contribution in [0.5, 0.6) is 11.5 Å². The standard InChI is InChI=1S/C25H31N5O2/c1-19-17-20(2)30(28-19)16-6-15-29-14-4-3-8-24(29)25(31)27-21-9-11-22(12-10-21)32-23-7-5-13-26-18-23/h5,7,9-13,17-18,24H,3-4,6,8,14-16H2,1-2H3,(H,27,31)/t24-/m1/s1. The smallest absolute Gasteiger partial charge is 0.241 e. The number of piperidine rings is 1. The van der Waals surface area contributed by atoms with Gasteiger partial charge >= 0.3 is 0 Å². The highest BCUT2D eigenvalue weighted by Crippen LogP contribution is 2.23. The number of pyridine rings is 1. The zero-order valence-electron chi connectivity index (χ0n) is 18.8. The third-order valence-electron chi connectivity index (χ3n) is 5.83. The van der Waals surface area contributed by atoms with Crippen LogP contribution in [0.15, 0.2) is 54.9 Å². The Morgan fingerprint density at radius 2 is 1.97 bits per heavy atom. The number of anilines is 1. The number of aromatic nitrogens is 3. The summed E-state index contributed by atoms with van der Waals surface area (Å²) in [6.07, 6.45) is 7.48. The number of hydrogen-bond acceptors (Lipinski definition) is 5. The number of benzene rings is 1. The summed E-state index contributed by atoms with van der Waals surface area (Å²) in [5.74, 6) is 1.46. The molecule has 0 aliphatic carbocycles. The number of carbonyl (C=O) groups excluding carboxylic acids is 1. The van der Waals surface area contributed by atoms with Crippen LogP contribution in [0.2, 0.25) is 0 Å². The van der Waals surface area contributed by atoms with Crippen LogP contribution in [0.3, 0.4) is 0 Å². The Morgan fingerprint density at radius 3 is 2.69 bits per heavy atom. The lowest BCUT2D eigenvalue weighted by Gasteiger charge is -2.34. The second-order valence-corrected chi connectivity index (χ2v) is 8.36. The summed E-state index contributed by atoms with van der Waals surface area (Å²) < 4.78 is 7.83. The quantitative estimate of drug-likeness (QED) is 0.563. The van der Waals surface area contributed by atoms with E-state index < -0.39 is 0 Å². The lowest BCUT2D eigenvalue weighted by molar-refractivity contribution is -0.122. The highest BCUT2D eigenvalue weighted by Gasteiger charge is 2.28. The van der Waals surface area contributed by atoms with Gasteiger partial charge in [-0.1, -0.05) is 6.42 Å². The molecule has 2 aromatic heterocycles.